The highest BCUT2D eigenvalue weighted by Crippen LogP contribution is 2.21. The highest BCUT2D eigenvalue weighted by atomic mass is 79.9. The van der Waals surface area contributed by atoms with Crippen LogP contribution in [-0.2, 0) is 10.0 Å². The van der Waals surface area contributed by atoms with E-state index in [1.807, 2.05) is 13.8 Å². The van der Waals surface area contributed by atoms with Crippen molar-refractivity contribution in [3.8, 4) is 0 Å². The van der Waals surface area contributed by atoms with Crippen molar-refractivity contribution in [2.24, 2.45) is 0 Å². The minimum absolute atomic E-state index is 0.269. The Morgan fingerprint density at radius 2 is 2.25 bits per heavy atom. The van der Waals surface area contributed by atoms with Crippen molar-refractivity contribution in [2.75, 3.05) is 5.33 Å². The number of hydrogen-bond acceptors (Lipinski definition) is 4. The van der Waals surface area contributed by atoms with Crippen LogP contribution in [0.25, 0.3) is 0 Å². The number of hydrogen-bond donors (Lipinski definition) is 1. The van der Waals surface area contributed by atoms with Gasteiger partial charge in [0.05, 0.1) is 11.2 Å². The van der Waals surface area contributed by atoms with Crippen LogP contribution in [0, 0.1) is 6.92 Å². The SMILES string of the molecule is CCC(C)(CBr)NS(=O)(=O)c1cnc(C)s1. The molecule has 1 aromatic rings. The van der Waals surface area contributed by atoms with Gasteiger partial charge < -0.3 is 0 Å². The van der Waals surface area contributed by atoms with Crippen molar-refractivity contribution in [3.05, 3.63) is 11.2 Å². The average Bonchev–Trinajstić information content (AvgIpc) is 2.65. The summed E-state index contributed by atoms with van der Waals surface area (Å²) in [5, 5.41) is 1.32. The molecule has 1 atom stereocenters. The number of sulfonamides is 1. The van der Waals surface area contributed by atoms with E-state index in [0.29, 0.717) is 5.33 Å². The molecule has 16 heavy (non-hydrogen) atoms. The number of thiazole rings is 1. The fourth-order valence-corrected chi connectivity index (χ4v) is 4.34. The molecular weight excluding hydrogens is 312 g/mol. The zero-order valence-electron chi connectivity index (χ0n) is 9.45. The molecule has 4 nitrogen and oxygen atoms in total. The zero-order valence-corrected chi connectivity index (χ0v) is 12.7. The minimum Gasteiger partial charge on any atom is -0.249 e. The Hall–Kier alpha value is 0.0200. The highest BCUT2D eigenvalue weighted by molar-refractivity contribution is 9.09. The number of aryl methyl sites for hydroxylation is 1. The highest BCUT2D eigenvalue weighted by Gasteiger charge is 2.29. The Kier molecular flexibility index (Phi) is 4.50. The van der Waals surface area contributed by atoms with E-state index in [1.165, 1.54) is 17.5 Å². The van der Waals surface area contributed by atoms with Gasteiger partial charge in [-0.3, -0.25) is 0 Å². The Labute approximate surface area is 109 Å². The van der Waals surface area contributed by atoms with E-state index in [9.17, 15) is 8.42 Å². The molecule has 0 aliphatic rings. The molecule has 7 heteroatoms. The summed E-state index contributed by atoms with van der Waals surface area (Å²) in [7, 11) is -3.45. The molecule has 1 N–H and O–H groups in total. The van der Waals surface area contributed by atoms with Crippen molar-refractivity contribution >= 4 is 37.3 Å². The number of halogens is 1. The number of aromatic nitrogens is 1. The van der Waals surface area contributed by atoms with Gasteiger partial charge in [0.15, 0.2) is 4.21 Å². The first-order chi connectivity index (χ1) is 7.33. The maximum Gasteiger partial charge on any atom is 0.252 e. The average molecular weight is 327 g/mol. The van der Waals surface area contributed by atoms with Gasteiger partial charge in [0.25, 0.3) is 10.0 Å². The van der Waals surface area contributed by atoms with Gasteiger partial charge in [0.1, 0.15) is 0 Å². The van der Waals surface area contributed by atoms with Crippen LogP contribution in [0.2, 0.25) is 0 Å². The van der Waals surface area contributed by atoms with Crippen molar-refractivity contribution < 1.29 is 8.42 Å². The fraction of sp³-hybridized carbons (Fsp3) is 0.667. The van der Waals surface area contributed by atoms with Crippen molar-refractivity contribution in [2.45, 2.75) is 36.9 Å². The lowest BCUT2D eigenvalue weighted by atomic mass is 10.0. The van der Waals surface area contributed by atoms with E-state index < -0.39 is 15.6 Å². The van der Waals surface area contributed by atoms with E-state index in [0.717, 1.165) is 11.4 Å². The maximum atomic E-state index is 12.0. The Bertz CT molecular complexity index is 452. The van der Waals surface area contributed by atoms with E-state index >= 15 is 0 Å². The molecule has 0 aliphatic heterocycles. The van der Waals surface area contributed by atoms with Crippen LogP contribution in [0.3, 0.4) is 0 Å². The van der Waals surface area contributed by atoms with Crippen molar-refractivity contribution in [3.63, 3.8) is 0 Å². The largest absolute Gasteiger partial charge is 0.252 e. The van der Waals surface area contributed by atoms with Gasteiger partial charge in [-0.25, -0.2) is 18.1 Å². The molecule has 1 rings (SSSR count). The Morgan fingerprint density at radius 3 is 2.62 bits per heavy atom. The lowest BCUT2D eigenvalue weighted by molar-refractivity contribution is 0.450. The summed E-state index contributed by atoms with van der Waals surface area (Å²) in [5.41, 5.74) is -0.462. The van der Waals surface area contributed by atoms with Crippen LogP contribution in [-0.4, -0.2) is 24.3 Å². The van der Waals surface area contributed by atoms with Gasteiger partial charge >= 0.3 is 0 Å². The third-order valence-corrected chi connectivity index (χ3v) is 6.57. The maximum absolute atomic E-state index is 12.0. The lowest BCUT2D eigenvalue weighted by Crippen LogP contribution is -2.46. The standard InChI is InChI=1S/C9H15BrN2O2S2/c1-4-9(3,6-10)12-16(13,14)8-5-11-7(2)15-8/h5,12H,4,6H2,1-3H3. The summed E-state index contributed by atoms with van der Waals surface area (Å²) in [6.45, 7) is 5.60. The molecule has 0 saturated heterocycles. The Morgan fingerprint density at radius 1 is 1.62 bits per heavy atom. The number of nitrogens with one attached hydrogen (secondary N) is 1. The van der Waals surface area contributed by atoms with Crippen LogP contribution in [0.15, 0.2) is 10.4 Å². The molecule has 0 amide bonds. The normalized spacial score (nSPS) is 16.0. The first-order valence-electron chi connectivity index (χ1n) is 4.85. The van der Waals surface area contributed by atoms with Crippen molar-refractivity contribution in [1.29, 1.82) is 0 Å². The third kappa shape index (κ3) is 3.26. The summed E-state index contributed by atoms with van der Waals surface area (Å²) in [6, 6.07) is 0. The number of rotatable bonds is 5. The second-order valence-corrected chi connectivity index (χ2v) is 7.56. The first kappa shape index (κ1) is 14.1. The van der Waals surface area contributed by atoms with Crippen LogP contribution in [0.1, 0.15) is 25.3 Å². The van der Waals surface area contributed by atoms with Gasteiger partial charge in [0, 0.05) is 10.9 Å². The van der Waals surface area contributed by atoms with Crippen LogP contribution in [0.4, 0.5) is 0 Å². The van der Waals surface area contributed by atoms with Gasteiger partial charge in [-0.15, -0.1) is 11.3 Å². The second-order valence-electron chi connectivity index (χ2n) is 3.85. The number of nitrogens with zero attached hydrogens (tertiary/aromatic N) is 1. The van der Waals surface area contributed by atoms with Gasteiger partial charge in [-0.05, 0) is 20.3 Å². The molecule has 1 aromatic heterocycles. The molecule has 0 aromatic carbocycles. The summed E-state index contributed by atoms with van der Waals surface area (Å²) in [6.07, 6.45) is 2.11. The molecular formula is C9H15BrN2O2S2. The molecule has 1 heterocycles. The van der Waals surface area contributed by atoms with Gasteiger partial charge in [0.2, 0.25) is 0 Å². The van der Waals surface area contributed by atoms with E-state index in [1.54, 1.807) is 6.92 Å². The first-order valence-corrected chi connectivity index (χ1v) is 8.27. The van der Waals surface area contributed by atoms with Crippen LogP contribution >= 0.6 is 27.3 Å². The molecule has 92 valence electrons. The zero-order chi connectivity index (χ0) is 12.4. The summed E-state index contributed by atoms with van der Waals surface area (Å²) in [5.74, 6) is 0. The molecule has 0 aliphatic carbocycles. The summed E-state index contributed by atoms with van der Waals surface area (Å²) >= 11 is 4.50. The fourth-order valence-electron chi connectivity index (χ4n) is 1.03. The summed E-state index contributed by atoms with van der Waals surface area (Å²) in [4.78, 5) is 3.95. The Balaban J connectivity index is 2.96. The molecule has 0 bridgehead atoms. The molecule has 0 radical (unpaired) electrons. The topological polar surface area (TPSA) is 59.1 Å². The van der Waals surface area contributed by atoms with Gasteiger partial charge in [-0.2, -0.15) is 0 Å². The quantitative estimate of drug-likeness (QED) is 0.844. The smallest absolute Gasteiger partial charge is 0.249 e. The van der Waals surface area contributed by atoms with Crippen molar-refractivity contribution in [1.82, 2.24) is 9.71 Å². The van der Waals surface area contributed by atoms with Gasteiger partial charge in [-0.1, -0.05) is 22.9 Å². The summed E-state index contributed by atoms with van der Waals surface area (Å²) < 4.78 is 27.0. The van der Waals surface area contributed by atoms with Crippen LogP contribution in [0.5, 0.6) is 0 Å². The lowest BCUT2D eigenvalue weighted by Gasteiger charge is -2.26. The van der Waals surface area contributed by atoms with E-state index in [4.69, 9.17) is 0 Å². The monoisotopic (exact) mass is 326 g/mol. The minimum atomic E-state index is -3.45. The number of alkyl halides is 1. The van der Waals surface area contributed by atoms with E-state index in [2.05, 4.69) is 25.6 Å². The molecule has 0 spiro atoms. The molecule has 0 fully saturated rings. The third-order valence-electron chi connectivity index (χ3n) is 2.32. The predicted octanol–water partition coefficient (Wildman–Crippen LogP) is 2.29. The molecule has 0 saturated carbocycles. The van der Waals surface area contributed by atoms with E-state index in [-0.39, 0.29) is 4.21 Å². The molecule has 1 unspecified atom stereocenters. The second kappa shape index (κ2) is 5.12. The predicted molar refractivity (Wildman–Crippen MR) is 69.7 cm³/mol. The van der Waals surface area contributed by atoms with Crippen LogP contribution < -0.4 is 4.72 Å².